The molecule has 0 amide bonds. The summed E-state index contributed by atoms with van der Waals surface area (Å²) in [5.74, 6) is 0.0394. The van der Waals surface area contributed by atoms with Crippen molar-refractivity contribution < 1.29 is 17.7 Å². The van der Waals surface area contributed by atoms with Crippen LogP contribution in [-0.4, -0.2) is 25.1 Å². The second kappa shape index (κ2) is 3.60. The van der Waals surface area contributed by atoms with E-state index in [1.54, 1.807) is 0 Å². The summed E-state index contributed by atoms with van der Waals surface area (Å²) in [7, 11) is -2.99. The van der Waals surface area contributed by atoms with Crippen molar-refractivity contribution in [1.82, 2.24) is 4.98 Å². The lowest BCUT2D eigenvalue weighted by molar-refractivity contribution is 0.394. The van der Waals surface area contributed by atoms with Gasteiger partial charge in [0.2, 0.25) is 0 Å². The highest BCUT2D eigenvalue weighted by Gasteiger charge is 2.18. The molecule has 1 aromatic heterocycles. The highest BCUT2D eigenvalue weighted by Crippen LogP contribution is 2.30. The summed E-state index contributed by atoms with van der Waals surface area (Å²) >= 11 is 3.04. The van der Waals surface area contributed by atoms with Crippen LogP contribution in [0.3, 0.4) is 0 Å². The second-order valence-electron chi connectivity index (χ2n) is 2.13. The van der Waals surface area contributed by atoms with Gasteiger partial charge < -0.3 is 4.74 Å². The molecule has 0 unspecified atom stereocenters. The minimum atomic E-state index is -4.29. The normalized spacial score (nSPS) is 11.3. The Kier molecular flexibility index (Phi) is 2.89. The van der Waals surface area contributed by atoms with Gasteiger partial charge in [0.1, 0.15) is 0 Å². The van der Waals surface area contributed by atoms with Crippen molar-refractivity contribution in [1.29, 1.82) is 0 Å². The Morgan fingerprint density at radius 1 is 1.54 bits per heavy atom. The van der Waals surface area contributed by atoms with Crippen molar-refractivity contribution in [2.45, 2.75) is 4.90 Å². The molecule has 0 atom stereocenters. The van der Waals surface area contributed by atoms with Crippen molar-refractivity contribution in [3.05, 3.63) is 16.9 Å². The van der Waals surface area contributed by atoms with Gasteiger partial charge in [0.15, 0.2) is 10.6 Å². The average molecular weight is 268 g/mol. The van der Waals surface area contributed by atoms with Gasteiger partial charge in [0.25, 0.3) is 10.1 Å². The molecule has 0 saturated heterocycles. The van der Waals surface area contributed by atoms with Crippen LogP contribution in [0.25, 0.3) is 0 Å². The van der Waals surface area contributed by atoms with Crippen LogP contribution in [0.2, 0.25) is 0 Å². The van der Waals surface area contributed by atoms with Gasteiger partial charge in [-0.25, -0.2) is 0 Å². The largest absolute Gasteiger partial charge is 0.494 e. The number of ether oxygens (including phenoxy) is 1. The zero-order chi connectivity index (χ0) is 10.1. The fraction of sp³-hybridized carbons (Fsp3) is 0.167. The van der Waals surface area contributed by atoms with E-state index < -0.39 is 10.1 Å². The molecule has 0 aliphatic rings. The third-order valence-electron chi connectivity index (χ3n) is 1.30. The van der Waals surface area contributed by atoms with Crippen LogP contribution >= 0.6 is 15.9 Å². The quantitative estimate of drug-likeness (QED) is 0.813. The molecule has 7 heteroatoms. The molecular formula is C6H6BrNO4S. The van der Waals surface area contributed by atoms with E-state index in [1.165, 1.54) is 13.3 Å². The molecule has 72 valence electrons. The number of halogens is 1. The van der Waals surface area contributed by atoms with Crippen LogP contribution in [0.5, 0.6) is 5.75 Å². The van der Waals surface area contributed by atoms with E-state index in [0.29, 0.717) is 4.47 Å². The van der Waals surface area contributed by atoms with Crippen molar-refractivity contribution in [2.75, 3.05) is 7.11 Å². The van der Waals surface area contributed by atoms with E-state index in [9.17, 15) is 8.42 Å². The molecule has 5 nitrogen and oxygen atoms in total. The lowest BCUT2D eigenvalue weighted by atomic mass is 10.4. The molecule has 0 fully saturated rings. The van der Waals surface area contributed by atoms with Gasteiger partial charge in [-0.05, 0) is 15.9 Å². The lowest BCUT2D eigenvalue weighted by Crippen LogP contribution is -2.02. The molecule has 1 N–H and O–H groups in total. The fourth-order valence-electron chi connectivity index (χ4n) is 0.787. The van der Waals surface area contributed by atoms with Gasteiger partial charge in [0.05, 0.1) is 17.8 Å². The van der Waals surface area contributed by atoms with Gasteiger partial charge in [-0.2, -0.15) is 8.42 Å². The lowest BCUT2D eigenvalue weighted by Gasteiger charge is -2.05. The molecule has 0 bridgehead atoms. The maximum absolute atomic E-state index is 10.8. The Hall–Kier alpha value is -0.660. The Labute approximate surface area is 83.6 Å². The van der Waals surface area contributed by atoms with E-state index in [1.807, 2.05) is 0 Å². The van der Waals surface area contributed by atoms with E-state index in [4.69, 9.17) is 9.29 Å². The molecule has 13 heavy (non-hydrogen) atoms. The van der Waals surface area contributed by atoms with Crippen LogP contribution in [0.4, 0.5) is 0 Å². The summed E-state index contributed by atoms with van der Waals surface area (Å²) in [6.07, 6.45) is 2.38. The number of aromatic nitrogens is 1. The number of pyridine rings is 1. The van der Waals surface area contributed by atoms with Crippen molar-refractivity contribution >= 4 is 26.0 Å². The SMILES string of the molecule is COc1c(Br)cncc1S(=O)(=O)O. The third kappa shape index (κ3) is 2.17. The first-order valence-electron chi connectivity index (χ1n) is 3.12. The van der Waals surface area contributed by atoms with Gasteiger partial charge in [-0.1, -0.05) is 0 Å². The van der Waals surface area contributed by atoms with Gasteiger partial charge in [-0.3, -0.25) is 9.54 Å². The summed E-state index contributed by atoms with van der Waals surface area (Å²) in [6, 6.07) is 0. The zero-order valence-electron chi connectivity index (χ0n) is 6.56. The Balaban J connectivity index is 3.47. The summed E-state index contributed by atoms with van der Waals surface area (Å²) in [5, 5.41) is 0. The molecule has 1 rings (SSSR count). The van der Waals surface area contributed by atoms with Crippen molar-refractivity contribution in [2.24, 2.45) is 0 Å². The molecule has 1 heterocycles. The van der Waals surface area contributed by atoms with E-state index in [2.05, 4.69) is 20.9 Å². The van der Waals surface area contributed by atoms with E-state index in [-0.39, 0.29) is 10.6 Å². The molecule has 0 saturated carbocycles. The average Bonchev–Trinajstić information content (AvgIpc) is 2.02. The maximum atomic E-state index is 10.8. The Morgan fingerprint density at radius 3 is 2.54 bits per heavy atom. The predicted octanol–water partition coefficient (Wildman–Crippen LogP) is 1.10. The fourth-order valence-corrected chi connectivity index (χ4v) is 2.03. The minimum absolute atomic E-state index is 0.0394. The number of hydrogen-bond donors (Lipinski definition) is 1. The highest BCUT2D eigenvalue weighted by molar-refractivity contribution is 9.10. The number of rotatable bonds is 2. The molecule has 0 aromatic carbocycles. The molecule has 1 aromatic rings. The van der Waals surface area contributed by atoms with Crippen LogP contribution in [0.1, 0.15) is 0 Å². The first-order chi connectivity index (χ1) is 5.96. The van der Waals surface area contributed by atoms with Gasteiger partial charge in [-0.15, -0.1) is 0 Å². The summed E-state index contributed by atoms with van der Waals surface area (Å²) in [5.41, 5.74) is 0. The molecule has 0 spiro atoms. The van der Waals surface area contributed by atoms with Crippen LogP contribution in [0.15, 0.2) is 21.8 Å². The topological polar surface area (TPSA) is 76.5 Å². The first kappa shape index (κ1) is 10.4. The standard InChI is InChI=1S/C6H6BrNO4S/c1-12-6-4(7)2-8-3-5(6)13(9,10)11/h2-3H,1H3,(H,9,10,11). The van der Waals surface area contributed by atoms with Crippen molar-refractivity contribution in [3.8, 4) is 5.75 Å². The monoisotopic (exact) mass is 267 g/mol. The molecule has 0 aliphatic carbocycles. The second-order valence-corrected chi connectivity index (χ2v) is 4.37. The molecule has 0 radical (unpaired) electrons. The van der Waals surface area contributed by atoms with Crippen LogP contribution in [0, 0.1) is 0 Å². The zero-order valence-corrected chi connectivity index (χ0v) is 8.96. The number of hydrogen-bond acceptors (Lipinski definition) is 4. The van der Waals surface area contributed by atoms with Gasteiger partial charge in [0, 0.05) is 6.20 Å². The maximum Gasteiger partial charge on any atom is 0.299 e. The highest BCUT2D eigenvalue weighted by atomic mass is 79.9. The molecular weight excluding hydrogens is 262 g/mol. The summed E-state index contributed by atoms with van der Waals surface area (Å²) < 4.78 is 35.5. The summed E-state index contributed by atoms with van der Waals surface area (Å²) in [6.45, 7) is 0. The third-order valence-corrected chi connectivity index (χ3v) is 2.71. The Bertz CT molecular complexity index is 417. The minimum Gasteiger partial charge on any atom is -0.494 e. The van der Waals surface area contributed by atoms with Gasteiger partial charge >= 0.3 is 0 Å². The first-order valence-corrected chi connectivity index (χ1v) is 5.35. The van der Waals surface area contributed by atoms with Crippen molar-refractivity contribution in [3.63, 3.8) is 0 Å². The summed E-state index contributed by atoms with van der Waals surface area (Å²) in [4.78, 5) is 3.24. The van der Waals surface area contributed by atoms with E-state index >= 15 is 0 Å². The predicted molar refractivity (Wildman–Crippen MR) is 48.3 cm³/mol. The smallest absolute Gasteiger partial charge is 0.299 e. The van der Waals surface area contributed by atoms with E-state index in [0.717, 1.165) is 6.20 Å². The molecule has 0 aliphatic heterocycles. The Morgan fingerprint density at radius 2 is 2.15 bits per heavy atom. The number of nitrogens with zero attached hydrogens (tertiary/aromatic N) is 1. The number of methoxy groups -OCH3 is 1. The van der Waals surface area contributed by atoms with Crippen LogP contribution < -0.4 is 4.74 Å². The van der Waals surface area contributed by atoms with Crippen LogP contribution in [-0.2, 0) is 10.1 Å².